The summed E-state index contributed by atoms with van der Waals surface area (Å²) in [5.74, 6) is -0.205. The molecule has 2 heterocycles. The minimum atomic E-state index is -0.152. The molecule has 0 saturated carbocycles. The first-order valence-corrected chi connectivity index (χ1v) is 7.28. The Kier molecular flexibility index (Phi) is 3.80. The van der Waals surface area contributed by atoms with Gasteiger partial charge in [-0.1, -0.05) is 30.3 Å². The summed E-state index contributed by atoms with van der Waals surface area (Å²) in [4.78, 5) is 25.8. The minimum Gasteiger partial charge on any atom is -0.322 e. The molecule has 106 valence electrons. The Morgan fingerprint density at radius 3 is 2.35 bits per heavy atom. The Labute approximate surface area is 118 Å². The average molecular weight is 275 g/mol. The largest absolute Gasteiger partial charge is 0.322 e. The smallest absolute Gasteiger partial charge is 0.285 e. The van der Waals surface area contributed by atoms with Crippen molar-refractivity contribution in [2.45, 2.75) is 19.0 Å². The zero-order chi connectivity index (χ0) is 13.9. The molecule has 3 rings (SSSR count). The van der Waals surface area contributed by atoms with Crippen LogP contribution in [0.3, 0.4) is 0 Å². The Hall–Kier alpha value is -1.72. The van der Waals surface area contributed by atoms with E-state index < -0.39 is 0 Å². The topological polar surface area (TPSA) is 55.1 Å². The van der Waals surface area contributed by atoms with Crippen molar-refractivity contribution in [1.82, 2.24) is 5.32 Å². The summed E-state index contributed by atoms with van der Waals surface area (Å²) in [6.07, 6.45) is 0.363. The van der Waals surface area contributed by atoms with Gasteiger partial charge in [0.25, 0.3) is 5.91 Å². The first kappa shape index (κ1) is 13.3. The average Bonchev–Trinajstić information content (AvgIpc) is 2.80. The number of amides is 2. The van der Waals surface area contributed by atoms with Crippen molar-refractivity contribution in [3.8, 4) is 0 Å². The lowest BCUT2D eigenvalue weighted by molar-refractivity contribution is -1.02. The van der Waals surface area contributed by atoms with Gasteiger partial charge >= 0.3 is 0 Å². The van der Waals surface area contributed by atoms with Crippen molar-refractivity contribution in [3.05, 3.63) is 35.9 Å². The number of rotatable bonds is 3. The lowest BCUT2D eigenvalue weighted by atomic mass is 10.1. The van der Waals surface area contributed by atoms with E-state index in [1.807, 2.05) is 6.07 Å². The fourth-order valence-electron chi connectivity index (χ4n) is 3.22. The quantitative estimate of drug-likeness (QED) is 0.529. The third-order valence-electron chi connectivity index (χ3n) is 4.36. The number of carbonyl (C=O) groups is 2. The van der Waals surface area contributed by atoms with Gasteiger partial charge in [0, 0.05) is 5.56 Å². The van der Waals surface area contributed by atoms with Crippen molar-refractivity contribution in [2.75, 3.05) is 26.2 Å². The molecule has 0 aromatic heterocycles. The summed E-state index contributed by atoms with van der Waals surface area (Å²) in [7, 11) is 0. The molecule has 5 heteroatoms. The summed E-state index contributed by atoms with van der Waals surface area (Å²) in [6, 6.07) is 10.4. The zero-order valence-corrected chi connectivity index (χ0v) is 11.5. The van der Waals surface area contributed by atoms with E-state index in [4.69, 9.17) is 0 Å². The lowest BCUT2D eigenvalue weighted by Gasteiger charge is -2.31. The summed E-state index contributed by atoms with van der Waals surface area (Å²) < 4.78 is 0. The van der Waals surface area contributed by atoms with Gasteiger partial charge in [0.05, 0.1) is 6.42 Å². The van der Waals surface area contributed by atoms with E-state index in [1.165, 1.54) is 10.5 Å². The molecule has 2 amide bonds. The van der Waals surface area contributed by atoms with Crippen LogP contribution in [0.2, 0.25) is 0 Å². The predicted octanol–water partition coefficient (Wildman–Crippen LogP) is -2.61. The Balaban J connectivity index is 1.52. The maximum atomic E-state index is 11.7. The van der Waals surface area contributed by atoms with Crippen LogP contribution in [-0.2, 0) is 16.1 Å². The van der Waals surface area contributed by atoms with Crippen LogP contribution in [0.25, 0.3) is 0 Å². The van der Waals surface area contributed by atoms with Gasteiger partial charge in [-0.15, -0.1) is 0 Å². The summed E-state index contributed by atoms with van der Waals surface area (Å²) in [5.41, 5.74) is 1.36. The molecular formula is C15H21N3O2+2. The van der Waals surface area contributed by atoms with Gasteiger partial charge in [-0.25, -0.2) is 0 Å². The molecule has 2 fully saturated rings. The molecule has 1 aromatic carbocycles. The van der Waals surface area contributed by atoms with Crippen molar-refractivity contribution in [2.24, 2.45) is 0 Å². The van der Waals surface area contributed by atoms with Gasteiger partial charge in [-0.2, -0.15) is 0 Å². The Morgan fingerprint density at radius 1 is 1.05 bits per heavy atom. The molecular weight excluding hydrogens is 254 g/mol. The number of benzene rings is 1. The molecule has 20 heavy (non-hydrogen) atoms. The fraction of sp³-hybridized carbons (Fsp3) is 0.467. The molecule has 1 atom stereocenters. The van der Waals surface area contributed by atoms with E-state index in [2.05, 4.69) is 29.6 Å². The monoisotopic (exact) mass is 275 g/mol. The molecule has 1 aromatic rings. The van der Waals surface area contributed by atoms with E-state index in [0.717, 1.165) is 32.7 Å². The highest BCUT2D eigenvalue weighted by Crippen LogP contribution is 1.98. The van der Waals surface area contributed by atoms with E-state index in [-0.39, 0.29) is 17.9 Å². The Morgan fingerprint density at radius 2 is 1.75 bits per heavy atom. The van der Waals surface area contributed by atoms with Gasteiger partial charge in [0.2, 0.25) is 5.91 Å². The SMILES string of the molecule is O=C1C[C@@H]([NH+]2CC[NH+](Cc3ccccc3)CC2)C(=O)N1. The van der Waals surface area contributed by atoms with E-state index in [0.29, 0.717) is 6.42 Å². The normalized spacial score (nSPS) is 30.3. The third kappa shape index (κ3) is 2.89. The van der Waals surface area contributed by atoms with Crippen molar-refractivity contribution >= 4 is 11.8 Å². The number of imide groups is 1. The van der Waals surface area contributed by atoms with Gasteiger partial charge in [0.1, 0.15) is 32.7 Å². The third-order valence-corrected chi connectivity index (χ3v) is 4.36. The van der Waals surface area contributed by atoms with Crippen molar-refractivity contribution in [1.29, 1.82) is 0 Å². The molecule has 0 radical (unpaired) electrons. The van der Waals surface area contributed by atoms with Gasteiger partial charge in [0.15, 0.2) is 6.04 Å². The standard InChI is InChI=1S/C15H19N3O2/c19-14-10-13(15(20)16-14)18-8-6-17(7-9-18)11-12-4-2-1-3-5-12/h1-5,13H,6-11H2,(H,16,19,20)/p+2/t13-/m1/s1. The number of carbonyl (C=O) groups excluding carboxylic acids is 2. The first-order chi connectivity index (χ1) is 9.72. The van der Waals surface area contributed by atoms with Crippen LogP contribution in [0.5, 0.6) is 0 Å². The molecule has 0 bridgehead atoms. The molecule has 2 aliphatic heterocycles. The second kappa shape index (κ2) is 5.73. The van der Waals surface area contributed by atoms with Crippen LogP contribution in [0, 0.1) is 0 Å². The van der Waals surface area contributed by atoms with Gasteiger partial charge in [-0.05, 0) is 0 Å². The van der Waals surface area contributed by atoms with Crippen LogP contribution >= 0.6 is 0 Å². The van der Waals surface area contributed by atoms with Crippen LogP contribution in [0.4, 0.5) is 0 Å². The molecule has 2 aliphatic rings. The molecule has 2 saturated heterocycles. The zero-order valence-electron chi connectivity index (χ0n) is 11.5. The van der Waals surface area contributed by atoms with Crippen molar-refractivity contribution in [3.63, 3.8) is 0 Å². The summed E-state index contributed by atoms with van der Waals surface area (Å²) in [5, 5.41) is 2.41. The fourth-order valence-corrected chi connectivity index (χ4v) is 3.22. The number of hydrogen-bond donors (Lipinski definition) is 3. The molecule has 3 N–H and O–H groups in total. The van der Waals surface area contributed by atoms with Crippen LogP contribution in [-0.4, -0.2) is 44.0 Å². The van der Waals surface area contributed by atoms with E-state index in [1.54, 1.807) is 4.90 Å². The predicted molar refractivity (Wildman–Crippen MR) is 73.1 cm³/mol. The number of quaternary nitrogens is 2. The number of piperazine rings is 1. The van der Waals surface area contributed by atoms with Crippen molar-refractivity contribution < 1.29 is 19.4 Å². The highest BCUT2D eigenvalue weighted by Gasteiger charge is 2.40. The molecule has 0 unspecified atom stereocenters. The van der Waals surface area contributed by atoms with Gasteiger partial charge < -0.3 is 9.80 Å². The molecule has 5 nitrogen and oxygen atoms in total. The minimum absolute atomic E-state index is 0.0866. The maximum absolute atomic E-state index is 11.7. The van der Waals surface area contributed by atoms with E-state index in [9.17, 15) is 9.59 Å². The van der Waals surface area contributed by atoms with Crippen LogP contribution < -0.4 is 15.1 Å². The number of hydrogen-bond acceptors (Lipinski definition) is 2. The van der Waals surface area contributed by atoms with E-state index >= 15 is 0 Å². The second-order valence-electron chi connectivity index (χ2n) is 5.74. The van der Waals surface area contributed by atoms with Crippen LogP contribution in [0.15, 0.2) is 30.3 Å². The summed E-state index contributed by atoms with van der Waals surface area (Å²) in [6.45, 7) is 5.09. The number of nitrogens with one attached hydrogen (secondary N) is 3. The highest BCUT2D eigenvalue weighted by molar-refractivity contribution is 6.04. The Bertz CT molecular complexity index is 495. The highest BCUT2D eigenvalue weighted by atomic mass is 16.2. The molecule has 0 spiro atoms. The first-order valence-electron chi connectivity index (χ1n) is 7.28. The summed E-state index contributed by atoms with van der Waals surface area (Å²) >= 11 is 0. The molecule has 0 aliphatic carbocycles. The second-order valence-corrected chi connectivity index (χ2v) is 5.74. The lowest BCUT2D eigenvalue weighted by Crippen LogP contribution is -3.29. The van der Waals surface area contributed by atoms with Gasteiger partial charge in [-0.3, -0.25) is 14.9 Å². The van der Waals surface area contributed by atoms with Crippen LogP contribution in [0.1, 0.15) is 12.0 Å². The maximum Gasteiger partial charge on any atom is 0.285 e.